The summed E-state index contributed by atoms with van der Waals surface area (Å²) in [4.78, 5) is 19.9. The van der Waals surface area contributed by atoms with Crippen LogP contribution in [0.2, 0.25) is 0 Å². The van der Waals surface area contributed by atoms with E-state index in [0.717, 1.165) is 27.3 Å². The van der Waals surface area contributed by atoms with Crippen molar-refractivity contribution in [2.45, 2.75) is 12.8 Å². The highest BCUT2D eigenvalue weighted by molar-refractivity contribution is 7.13. The molecule has 130 valence electrons. The van der Waals surface area contributed by atoms with Gasteiger partial charge in [0.25, 0.3) is 0 Å². The van der Waals surface area contributed by atoms with E-state index in [0.29, 0.717) is 13.0 Å². The Bertz CT molecular complexity index is 1020. The molecule has 4 nitrogen and oxygen atoms in total. The molecule has 0 fully saturated rings. The third-order valence-corrected chi connectivity index (χ3v) is 5.15. The molecule has 0 radical (unpaired) electrons. The monoisotopic (exact) mass is 362 g/mol. The number of para-hydroxylation sites is 1. The minimum atomic E-state index is -0.241. The number of thiazole rings is 1. The maximum atomic E-state index is 12.1. The number of nitrogens with one attached hydrogen (secondary N) is 1. The Balaban J connectivity index is 1.31. The van der Waals surface area contributed by atoms with E-state index in [1.165, 1.54) is 5.39 Å². The lowest BCUT2D eigenvalue weighted by molar-refractivity contribution is -0.142. The molecule has 0 aliphatic carbocycles. The van der Waals surface area contributed by atoms with E-state index in [-0.39, 0.29) is 12.4 Å². The lowest BCUT2D eigenvalue weighted by atomic mass is 10.1. The number of nitrogens with zero attached hydrogens (tertiary/aromatic N) is 1. The average molecular weight is 362 g/mol. The number of fused-ring (bicyclic) bond motifs is 1. The van der Waals surface area contributed by atoms with Gasteiger partial charge in [-0.1, -0.05) is 48.5 Å². The van der Waals surface area contributed by atoms with Crippen LogP contribution in [0.15, 0.2) is 66.2 Å². The Morgan fingerprint density at radius 2 is 1.88 bits per heavy atom. The number of aromatic amines is 1. The third kappa shape index (κ3) is 3.68. The van der Waals surface area contributed by atoms with Crippen LogP contribution in [-0.2, 0) is 22.4 Å². The van der Waals surface area contributed by atoms with Crippen LogP contribution in [0.25, 0.3) is 21.5 Å². The Kier molecular flexibility index (Phi) is 4.80. The van der Waals surface area contributed by atoms with Crippen LogP contribution in [0.4, 0.5) is 0 Å². The third-order valence-electron chi connectivity index (χ3n) is 4.21. The van der Waals surface area contributed by atoms with Crippen molar-refractivity contribution in [1.29, 1.82) is 0 Å². The minimum absolute atomic E-state index is 0.206. The first-order valence-electron chi connectivity index (χ1n) is 8.50. The first-order valence-corrected chi connectivity index (χ1v) is 9.38. The van der Waals surface area contributed by atoms with Gasteiger partial charge in [0.1, 0.15) is 5.01 Å². The summed E-state index contributed by atoms with van der Waals surface area (Å²) in [5.74, 6) is -0.241. The van der Waals surface area contributed by atoms with Gasteiger partial charge in [-0.2, -0.15) is 0 Å². The van der Waals surface area contributed by atoms with E-state index >= 15 is 0 Å². The first kappa shape index (κ1) is 16.5. The largest absolute Gasteiger partial charge is 0.465 e. The lowest BCUT2D eigenvalue weighted by Gasteiger charge is -2.03. The van der Waals surface area contributed by atoms with Gasteiger partial charge in [-0.05, 0) is 11.6 Å². The lowest BCUT2D eigenvalue weighted by Crippen LogP contribution is -2.10. The van der Waals surface area contributed by atoms with Crippen LogP contribution in [0.3, 0.4) is 0 Å². The second kappa shape index (κ2) is 7.54. The van der Waals surface area contributed by atoms with Crippen LogP contribution >= 0.6 is 11.3 Å². The van der Waals surface area contributed by atoms with Crippen molar-refractivity contribution in [2.24, 2.45) is 0 Å². The van der Waals surface area contributed by atoms with Gasteiger partial charge >= 0.3 is 5.97 Å². The van der Waals surface area contributed by atoms with E-state index in [1.807, 2.05) is 60.1 Å². The number of hydrogen-bond acceptors (Lipinski definition) is 4. The van der Waals surface area contributed by atoms with Gasteiger partial charge in [-0.3, -0.25) is 4.79 Å². The Morgan fingerprint density at radius 1 is 1.08 bits per heavy atom. The number of benzene rings is 2. The molecule has 0 unspecified atom stereocenters. The molecular formula is C21H18N2O2S. The van der Waals surface area contributed by atoms with Gasteiger partial charge < -0.3 is 9.72 Å². The molecular weight excluding hydrogens is 344 g/mol. The standard InChI is InChI=1S/C21H18N2O2S/c24-20(12-17-14-26-21(23-17)15-6-2-1-3-7-15)25-11-10-16-13-22-19-9-5-4-8-18(16)19/h1-9,13-14,22H,10-12H2. The number of carbonyl (C=O) groups excluding carboxylic acids is 1. The molecule has 0 atom stereocenters. The highest BCUT2D eigenvalue weighted by Crippen LogP contribution is 2.23. The summed E-state index contributed by atoms with van der Waals surface area (Å²) in [7, 11) is 0. The minimum Gasteiger partial charge on any atom is -0.465 e. The molecule has 4 rings (SSSR count). The molecule has 0 aliphatic rings. The number of aromatic nitrogens is 2. The second-order valence-corrected chi connectivity index (χ2v) is 6.87. The highest BCUT2D eigenvalue weighted by atomic mass is 32.1. The topological polar surface area (TPSA) is 55.0 Å². The SMILES string of the molecule is O=C(Cc1csc(-c2ccccc2)n1)OCCc1c[nH]c2ccccc12. The fourth-order valence-electron chi connectivity index (χ4n) is 2.91. The molecule has 2 aromatic heterocycles. The zero-order valence-electron chi connectivity index (χ0n) is 14.1. The highest BCUT2D eigenvalue weighted by Gasteiger charge is 2.11. The predicted molar refractivity (Wildman–Crippen MR) is 104 cm³/mol. The van der Waals surface area contributed by atoms with Crippen molar-refractivity contribution >= 4 is 28.2 Å². The Labute approximate surface area is 155 Å². The Morgan fingerprint density at radius 3 is 2.77 bits per heavy atom. The van der Waals surface area contributed by atoms with Crippen molar-refractivity contribution in [3.8, 4) is 10.6 Å². The van der Waals surface area contributed by atoms with Gasteiger partial charge in [0, 0.05) is 34.5 Å². The number of esters is 1. The smallest absolute Gasteiger partial charge is 0.311 e. The summed E-state index contributed by atoms with van der Waals surface area (Å²) in [6.07, 6.45) is 2.88. The van der Waals surface area contributed by atoms with Crippen molar-refractivity contribution in [1.82, 2.24) is 9.97 Å². The second-order valence-electron chi connectivity index (χ2n) is 6.02. The van der Waals surface area contributed by atoms with Crippen LogP contribution in [0.1, 0.15) is 11.3 Å². The summed E-state index contributed by atoms with van der Waals surface area (Å²) in [5.41, 5.74) is 4.08. The molecule has 0 bridgehead atoms. The van der Waals surface area contributed by atoms with Crippen molar-refractivity contribution in [3.05, 3.63) is 77.4 Å². The van der Waals surface area contributed by atoms with E-state index in [9.17, 15) is 4.79 Å². The summed E-state index contributed by atoms with van der Waals surface area (Å²) < 4.78 is 5.39. The summed E-state index contributed by atoms with van der Waals surface area (Å²) >= 11 is 1.54. The zero-order chi connectivity index (χ0) is 17.8. The number of carbonyl (C=O) groups is 1. The average Bonchev–Trinajstić information content (AvgIpc) is 3.30. The first-order chi connectivity index (χ1) is 12.8. The summed E-state index contributed by atoms with van der Waals surface area (Å²) in [6, 6.07) is 18.1. The zero-order valence-corrected chi connectivity index (χ0v) is 15.0. The van der Waals surface area contributed by atoms with Crippen molar-refractivity contribution < 1.29 is 9.53 Å². The molecule has 0 saturated heterocycles. The molecule has 0 aliphatic heterocycles. The van der Waals surface area contributed by atoms with Gasteiger partial charge in [-0.15, -0.1) is 11.3 Å². The molecule has 0 amide bonds. The van der Waals surface area contributed by atoms with Gasteiger partial charge in [0.2, 0.25) is 0 Å². The van der Waals surface area contributed by atoms with Crippen LogP contribution in [0, 0.1) is 0 Å². The van der Waals surface area contributed by atoms with Gasteiger partial charge in [0.05, 0.1) is 18.7 Å². The van der Waals surface area contributed by atoms with Gasteiger partial charge in [0.15, 0.2) is 0 Å². The van der Waals surface area contributed by atoms with E-state index in [2.05, 4.69) is 16.0 Å². The molecule has 4 aromatic rings. The molecule has 26 heavy (non-hydrogen) atoms. The van der Waals surface area contributed by atoms with Crippen LogP contribution in [-0.4, -0.2) is 22.5 Å². The molecule has 2 aromatic carbocycles. The number of ether oxygens (including phenoxy) is 1. The number of hydrogen-bond donors (Lipinski definition) is 1. The Hall–Kier alpha value is -2.92. The fourth-order valence-corrected chi connectivity index (χ4v) is 3.74. The molecule has 2 heterocycles. The van der Waals surface area contributed by atoms with Gasteiger partial charge in [-0.25, -0.2) is 4.98 Å². The maximum absolute atomic E-state index is 12.1. The fraction of sp³-hybridized carbons (Fsp3) is 0.143. The van der Waals surface area contributed by atoms with E-state index in [4.69, 9.17) is 4.74 Å². The number of rotatable bonds is 6. The van der Waals surface area contributed by atoms with Crippen LogP contribution < -0.4 is 0 Å². The van der Waals surface area contributed by atoms with Crippen molar-refractivity contribution in [2.75, 3.05) is 6.61 Å². The molecule has 5 heteroatoms. The molecule has 0 saturated carbocycles. The van der Waals surface area contributed by atoms with E-state index < -0.39 is 0 Å². The summed E-state index contributed by atoms with van der Waals surface area (Å²) in [6.45, 7) is 0.371. The predicted octanol–water partition coefficient (Wildman–Crippen LogP) is 4.62. The summed E-state index contributed by atoms with van der Waals surface area (Å²) in [5, 5.41) is 4.02. The van der Waals surface area contributed by atoms with Crippen molar-refractivity contribution in [3.63, 3.8) is 0 Å². The van der Waals surface area contributed by atoms with E-state index in [1.54, 1.807) is 11.3 Å². The number of H-pyrrole nitrogens is 1. The quantitative estimate of drug-likeness (QED) is 0.509. The maximum Gasteiger partial charge on any atom is 0.311 e. The van der Waals surface area contributed by atoms with Crippen LogP contribution in [0.5, 0.6) is 0 Å². The molecule has 1 N–H and O–H groups in total. The normalized spacial score (nSPS) is 10.9. The molecule has 0 spiro atoms.